The van der Waals surface area contributed by atoms with Crippen LogP contribution >= 0.6 is 0 Å². The largest absolute Gasteiger partial charge is 0.481 e. The summed E-state index contributed by atoms with van der Waals surface area (Å²) in [6, 6.07) is 13.0. The third-order valence-corrected chi connectivity index (χ3v) is 4.88. The molecular weight excluding hydrogens is 327 g/mol. The molecule has 0 spiro atoms. The van der Waals surface area contributed by atoms with Gasteiger partial charge < -0.3 is 5.11 Å². The highest BCUT2D eigenvalue weighted by Gasteiger charge is 2.27. The average Bonchev–Trinajstić information content (AvgIpc) is 2.87. The van der Waals surface area contributed by atoms with Gasteiger partial charge in [-0.05, 0) is 69.5 Å². The molecule has 0 saturated heterocycles. The molecule has 0 atom stereocenters. The van der Waals surface area contributed by atoms with Gasteiger partial charge in [0.2, 0.25) is 0 Å². The summed E-state index contributed by atoms with van der Waals surface area (Å²) in [6.45, 7) is 6.33. The van der Waals surface area contributed by atoms with E-state index in [1.54, 1.807) is 6.07 Å². The fraction of sp³-hybridized carbons (Fsp3) is 0.261. The molecule has 0 fully saturated rings. The molecule has 1 N–H and O–H groups in total. The van der Waals surface area contributed by atoms with E-state index in [2.05, 4.69) is 44.2 Å². The van der Waals surface area contributed by atoms with Crippen molar-refractivity contribution in [2.45, 2.75) is 39.5 Å². The van der Waals surface area contributed by atoms with Gasteiger partial charge >= 0.3 is 5.97 Å². The van der Waals surface area contributed by atoms with Gasteiger partial charge in [0.1, 0.15) is 5.82 Å². The molecule has 0 saturated carbocycles. The van der Waals surface area contributed by atoms with Crippen molar-refractivity contribution in [3.8, 4) is 0 Å². The molecule has 3 rings (SSSR count). The SMILES string of the molecule is CCC1=C(CC(=O)O)c2cc(F)ccc2/C1=C\c1ccc(C(C)C)cc1. The normalized spacial score (nSPS) is 15.0. The minimum absolute atomic E-state index is 0.0940. The highest BCUT2D eigenvalue weighted by molar-refractivity contribution is 6.07. The van der Waals surface area contributed by atoms with Gasteiger partial charge in [0, 0.05) is 0 Å². The minimum Gasteiger partial charge on any atom is -0.481 e. The Bertz CT molecular complexity index is 902. The number of allylic oxidation sites excluding steroid dienone is 2. The van der Waals surface area contributed by atoms with E-state index in [1.165, 1.54) is 17.7 Å². The Balaban J connectivity index is 2.13. The molecule has 0 aliphatic heterocycles. The maximum Gasteiger partial charge on any atom is 0.307 e. The number of aliphatic carboxylic acids is 1. The maximum absolute atomic E-state index is 13.8. The van der Waals surface area contributed by atoms with E-state index in [0.29, 0.717) is 17.9 Å². The summed E-state index contributed by atoms with van der Waals surface area (Å²) in [5.74, 6) is -0.770. The summed E-state index contributed by atoms with van der Waals surface area (Å²) in [5, 5.41) is 9.29. The predicted molar refractivity (Wildman–Crippen MR) is 104 cm³/mol. The molecule has 0 bridgehead atoms. The molecule has 0 unspecified atom stereocenters. The lowest BCUT2D eigenvalue weighted by atomic mass is 9.96. The number of fused-ring (bicyclic) bond motifs is 1. The van der Waals surface area contributed by atoms with Gasteiger partial charge in [0.05, 0.1) is 6.42 Å². The maximum atomic E-state index is 13.8. The van der Waals surface area contributed by atoms with E-state index in [9.17, 15) is 14.3 Å². The second-order valence-electron chi connectivity index (χ2n) is 6.95. The van der Waals surface area contributed by atoms with E-state index in [4.69, 9.17) is 0 Å². The van der Waals surface area contributed by atoms with Crippen molar-refractivity contribution in [2.75, 3.05) is 0 Å². The predicted octanol–water partition coefficient (Wildman–Crippen LogP) is 6.14. The number of benzene rings is 2. The average molecular weight is 350 g/mol. The zero-order valence-corrected chi connectivity index (χ0v) is 15.3. The lowest BCUT2D eigenvalue weighted by Gasteiger charge is -2.08. The van der Waals surface area contributed by atoms with Crippen LogP contribution in [0.15, 0.2) is 48.0 Å². The number of hydrogen-bond acceptors (Lipinski definition) is 1. The van der Waals surface area contributed by atoms with E-state index < -0.39 is 5.97 Å². The third-order valence-electron chi connectivity index (χ3n) is 4.88. The summed E-state index contributed by atoms with van der Waals surface area (Å²) in [7, 11) is 0. The molecule has 0 radical (unpaired) electrons. The Morgan fingerprint density at radius 1 is 1.08 bits per heavy atom. The van der Waals surface area contributed by atoms with E-state index in [-0.39, 0.29) is 12.2 Å². The monoisotopic (exact) mass is 350 g/mol. The molecule has 134 valence electrons. The van der Waals surface area contributed by atoms with Gasteiger partial charge in [0.15, 0.2) is 0 Å². The van der Waals surface area contributed by atoms with Crippen LogP contribution in [0.4, 0.5) is 4.39 Å². The lowest BCUT2D eigenvalue weighted by Crippen LogP contribution is -1.97. The second-order valence-corrected chi connectivity index (χ2v) is 6.95. The molecule has 2 aromatic rings. The number of carboxylic acids is 1. The highest BCUT2D eigenvalue weighted by atomic mass is 19.1. The second kappa shape index (κ2) is 7.28. The molecule has 2 aromatic carbocycles. The van der Waals surface area contributed by atoms with Crippen molar-refractivity contribution in [1.29, 1.82) is 0 Å². The molecule has 0 aromatic heterocycles. The first kappa shape index (κ1) is 18.1. The third kappa shape index (κ3) is 3.48. The molecule has 3 heteroatoms. The summed E-state index contributed by atoms with van der Waals surface area (Å²) < 4.78 is 13.8. The topological polar surface area (TPSA) is 37.3 Å². The summed E-state index contributed by atoms with van der Waals surface area (Å²) in [4.78, 5) is 11.3. The lowest BCUT2D eigenvalue weighted by molar-refractivity contribution is -0.135. The Labute approximate surface area is 153 Å². The fourth-order valence-corrected chi connectivity index (χ4v) is 3.55. The molecular formula is C23H23FO2. The van der Waals surface area contributed by atoms with Gasteiger partial charge in [-0.25, -0.2) is 4.39 Å². The zero-order valence-electron chi connectivity index (χ0n) is 15.3. The van der Waals surface area contributed by atoms with Crippen molar-refractivity contribution >= 4 is 23.2 Å². The van der Waals surface area contributed by atoms with Crippen LogP contribution in [0.3, 0.4) is 0 Å². The first-order valence-corrected chi connectivity index (χ1v) is 8.96. The minimum atomic E-state index is -0.899. The Morgan fingerprint density at radius 3 is 2.35 bits per heavy atom. The van der Waals surface area contributed by atoms with Crippen molar-refractivity contribution in [3.63, 3.8) is 0 Å². The van der Waals surface area contributed by atoms with Crippen LogP contribution in [0.5, 0.6) is 0 Å². The smallest absolute Gasteiger partial charge is 0.307 e. The Hall–Kier alpha value is -2.68. The van der Waals surface area contributed by atoms with Crippen molar-refractivity contribution in [1.82, 2.24) is 0 Å². The molecule has 0 heterocycles. The van der Waals surface area contributed by atoms with E-state index in [1.807, 2.05) is 6.92 Å². The van der Waals surface area contributed by atoms with Crippen molar-refractivity contribution in [3.05, 3.63) is 76.1 Å². The van der Waals surface area contributed by atoms with Crippen LogP contribution < -0.4 is 0 Å². The number of rotatable bonds is 5. The van der Waals surface area contributed by atoms with Gasteiger partial charge in [-0.1, -0.05) is 51.1 Å². The van der Waals surface area contributed by atoms with Gasteiger partial charge in [0.25, 0.3) is 0 Å². The van der Waals surface area contributed by atoms with Crippen LogP contribution in [0.1, 0.15) is 61.8 Å². The van der Waals surface area contributed by atoms with Crippen LogP contribution in [-0.2, 0) is 4.79 Å². The molecule has 0 amide bonds. The standard InChI is InChI=1S/C23H23FO2/c1-4-18-20(11-15-5-7-16(8-6-15)14(2)3)19-10-9-17(24)12-21(19)22(18)13-23(25)26/h5-12,14H,4,13H2,1-3H3,(H,25,26)/b20-11-. The van der Waals surface area contributed by atoms with Crippen LogP contribution in [0.2, 0.25) is 0 Å². The number of carbonyl (C=O) groups is 1. The fourth-order valence-electron chi connectivity index (χ4n) is 3.55. The van der Waals surface area contributed by atoms with Crippen LogP contribution in [0, 0.1) is 5.82 Å². The van der Waals surface area contributed by atoms with Crippen molar-refractivity contribution in [2.24, 2.45) is 0 Å². The van der Waals surface area contributed by atoms with E-state index in [0.717, 1.165) is 27.8 Å². The number of halogens is 1. The van der Waals surface area contributed by atoms with Crippen molar-refractivity contribution < 1.29 is 14.3 Å². The summed E-state index contributed by atoms with van der Waals surface area (Å²) in [5.41, 5.74) is 6.65. The van der Waals surface area contributed by atoms with Crippen LogP contribution in [0.25, 0.3) is 17.2 Å². The van der Waals surface area contributed by atoms with Gasteiger partial charge in [-0.2, -0.15) is 0 Å². The molecule has 2 nitrogen and oxygen atoms in total. The first-order valence-electron chi connectivity index (χ1n) is 8.96. The molecule has 1 aliphatic rings. The highest BCUT2D eigenvalue weighted by Crippen LogP contribution is 2.45. The Kier molecular flexibility index (Phi) is 5.08. The first-order chi connectivity index (χ1) is 12.4. The van der Waals surface area contributed by atoms with Gasteiger partial charge in [-0.3, -0.25) is 4.79 Å². The number of carboxylic acid groups (broad SMARTS) is 1. The van der Waals surface area contributed by atoms with E-state index >= 15 is 0 Å². The summed E-state index contributed by atoms with van der Waals surface area (Å²) >= 11 is 0. The zero-order chi connectivity index (χ0) is 18.8. The van der Waals surface area contributed by atoms with Gasteiger partial charge in [-0.15, -0.1) is 0 Å². The summed E-state index contributed by atoms with van der Waals surface area (Å²) in [6.07, 6.45) is 2.69. The quantitative estimate of drug-likeness (QED) is 0.703. The van der Waals surface area contributed by atoms with Crippen LogP contribution in [-0.4, -0.2) is 11.1 Å². The Morgan fingerprint density at radius 2 is 1.77 bits per heavy atom. The molecule has 26 heavy (non-hydrogen) atoms. The number of hydrogen-bond donors (Lipinski definition) is 1. The molecule has 1 aliphatic carbocycles.